The Morgan fingerprint density at radius 1 is 0.917 bits per heavy atom. The van der Waals surface area contributed by atoms with Crippen molar-refractivity contribution in [2.45, 2.75) is 46.5 Å². The van der Waals surface area contributed by atoms with E-state index in [0.29, 0.717) is 22.5 Å². The summed E-state index contributed by atoms with van der Waals surface area (Å²) in [7, 11) is 0. The summed E-state index contributed by atoms with van der Waals surface area (Å²) in [6, 6.07) is 18.4. The number of nitrogens with one attached hydrogen (secondary N) is 1. The van der Waals surface area contributed by atoms with Crippen LogP contribution in [-0.2, 0) is 4.79 Å². The van der Waals surface area contributed by atoms with Gasteiger partial charge in [0, 0.05) is 11.8 Å². The second kappa shape index (κ2) is 10.7. The zero-order chi connectivity index (χ0) is 25.8. The third-order valence-corrected chi connectivity index (χ3v) is 5.94. The van der Waals surface area contributed by atoms with Crippen molar-refractivity contribution in [2.75, 3.05) is 11.9 Å². The van der Waals surface area contributed by atoms with Gasteiger partial charge in [-0.15, -0.1) is 0 Å². The fourth-order valence-electron chi connectivity index (χ4n) is 4.08. The molecule has 0 aliphatic heterocycles. The lowest BCUT2D eigenvalue weighted by atomic mass is 9.92. The fraction of sp³-hybridized carbons (Fsp3) is 0.267. The van der Waals surface area contributed by atoms with Gasteiger partial charge in [-0.2, -0.15) is 0 Å². The van der Waals surface area contributed by atoms with Crippen LogP contribution >= 0.6 is 0 Å². The number of ether oxygens (including phenoxy) is 2. The maximum atomic E-state index is 12.9. The number of fused-ring (bicyclic) bond motifs is 1. The number of rotatable bonds is 8. The first-order chi connectivity index (χ1) is 17.2. The van der Waals surface area contributed by atoms with Crippen molar-refractivity contribution < 1.29 is 18.7 Å². The molecular weight excluding hydrogens is 454 g/mol. The van der Waals surface area contributed by atoms with Crippen LogP contribution in [0.25, 0.3) is 11.0 Å². The second-order valence-corrected chi connectivity index (χ2v) is 9.46. The standard InChI is InChI=1S/C30H31NO5/c1-18(2)23-10-7-11-24(19(3)4)29(23)31-28(32)17-34-21-12-13-25-26(15-21)35-16-27(30(25)33)36-22-9-6-8-20(5)14-22/h6-16,18-19H,17H2,1-5H3,(H,31,32). The Labute approximate surface area is 210 Å². The van der Waals surface area contributed by atoms with Crippen LogP contribution < -0.4 is 20.2 Å². The molecule has 36 heavy (non-hydrogen) atoms. The van der Waals surface area contributed by atoms with Gasteiger partial charge >= 0.3 is 0 Å². The molecule has 0 radical (unpaired) electrons. The minimum Gasteiger partial charge on any atom is -0.484 e. The number of aryl methyl sites for hydroxylation is 1. The van der Waals surface area contributed by atoms with Crippen LogP contribution in [0.3, 0.4) is 0 Å². The molecular formula is C30H31NO5. The fourth-order valence-corrected chi connectivity index (χ4v) is 4.08. The highest BCUT2D eigenvalue weighted by molar-refractivity contribution is 5.94. The molecule has 1 heterocycles. The largest absolute Gasteiger partial charge is 0.484 e. The van der Waals surface area contributed by atoms with Gasteiger partial charge in [-0.05, 0) is 59.7 Å². The minimum atomic E-state index is -0.284. The van der Waals surface area contributed by atoms with E-state index in [1.807, 2.05) is 43.3 Å². The van der Waals surface area contributed by atoms with Crippen molar-refractivity contribution >= 4 is 22.6 Å². The molecule has 1 aromatic heterocycles. The number of carbonyl (C=O) groups is 1. The molecule has 1 amide bonds. The summed E-state index contributed by atoms with van der Waals surface area (Å²) in [6.07, 6.45) is 1.29. The highest BCUT2D eigenvalue weighted by Gasteiger charge is 2.17. The quantitative estimate of drug-likeness (QED) is 0.286. The van der Waals surface area contributed by atoms with E-state index in [4.69, 9.17) is 13.9 Å². The first-order valence-corrected chi connectivity index (χ1v) is 12.1. The Morgan fingerprint density at radius 2 is 1.61 bits per heavy atom. The zero-order valence-corrected chi connectivity index (χ0v) is 21.3. The summed E-state index contributed by atoms with van der Waals surface area (Å²) in [5, 5.41) is 3.40. The number of hydrogen-bond acceptors (Lipinski definition) is 5. The van der Waals surface area contributed by atoms with Gasteiger partial charge in [0.2, 0.25) is 11.2 Å². The monoisotopic (exact) mass is 485 g/mol. The number of amides is 1. The maximum absolute atomic E-state index is 12.9. The molecule has 4 rings (SSSR count). The minimum absolute atomic E-state index is 0.103. The Kier molecular flexibility index (Phi) is 7.44. The van der Waals surface area contributed by atoms with Crippen LogP contribution in [0.2, 0.25) is 0 Å². The molecule has 0 unspecified atom stereocenters. The summed E-state index contributed by atoms with van der Waals surface area (Å²) >= 11 is 0. The van der Waals surface area contributed by atoms with Crippen molar-refractivity contribution in [2.24, 2.45) is 0 Å². The summed E-state index contributed by atoms with van der Waals surface area (Å²) < 4.78 is 17.1. The molecule has 3 aromatic carbocycles. The Balaban J connectivity index is 1.48. The second-order valence-electron chi connectivity index (χ2n) is 9.46. The van der Waals surface area contributed by atoms with E-state index in [0.717, 1.165) is 22.4 Å². The van der Waals surface area contributed by atoms with Crippen LogP contribution in [0.1, 0.15) is 56.2 Å². The number of benzene rings is 3. The number of para-hydroxylation sites is 1. The first kappa shape index (κ1) is 25.0. The van der Waals surface area contributed by atoms with Gasteiger partial charge in [0.1, 0.15) is 23.3 Å². The summed E-state index contributed by atoms with van der Waals surface area (Å²) in [5.41, 5.74) is 4.12. The molecule has 0 aliphatic rings. The molecule has 1 N–H and O–H groups in total. The molecule has 0 saturated carbocycles. The lowest BCUT2D eigenvalue weighted by Gasteiger charge is -2.20. The van der Waals surface area contributed by atoms with Crippen LogP contribution in [-0.4, -0.2) is 12.5 Å². The zero-order valence-electron chi connectivity index (χ0n) is 21.3. The van der Waals surface area contributed by atoms with Gasteiger partial charge in [-0.1, -0.05) is 58.0 Å². The van der Waals surface area contributed by atoms with Crippen molar-refractivity contribution in [1.29, 1.82) is 0 Å². The number of anilines is 1. The van der Waals surface area contributed by atoms with Gasteiger partial charge in [-0.25, -0.2) is 0 Å². The van der Waals surface area contributed by atoms with Crippen molar-refractivity contribution in [3.8, 4) is 17.2 Å². The van der Waals surface area contributed by atoms with E-state index >= 15 is 0 Å². The van der Waals surface area contributed by atoms with Crippen LogP contribution in [0.4, 0.5) is 5.69 Å². The highest BCUT2D eigenvalue weighted by atomic mass is 16.5. The van der Waals surface area contributed by atoms with Gasteiger partial charge in [0.05, 0.1) is 5.39 Å². The third-order valence-electron chi connectivity index (χ3n) is 5.94. The van der Waals surface area contributed by atoms with E-state index < -0.39 is 0 Å². The van der Waals surface area contributed by atoms with Gasteiger partial charge in [-0.3, -0.25) is 9.59 Å². The molecule has 6 heteroatoms. The Morgan fingerprint density at radius 3 is 2.28 bits per heavy atom. The van der Waals surface area contributed by atoms with Crippen LogP contribution in [0.15, 0.2) is 76.1 Å². The van der Waals surface area contributed by atoms with Gasteiger partial charge < -0.3 is 19.2 Å². The van der Waals surface area contributed by atoms with Crippen molar-refractivity contribution in [3.05, 3.63) is 93.8 Å². The lowest BCUT2D eigenvalue weighted by Crippen LogP contribution is -2.22. The molecule has 0 spiro atoms. The van der Waals surface area contributed by atoms with E-state index in [1.54, 1.807) is 24.3 Å². The predicted molar refractivity (Wildman–Crippen MR) is 142 cm³/mol. The summed E-state index contributed by atoms with van der Waals surface area (Å²) in [5.74, 6) is 1.37. The molecule has 0 aliphatic carbocycles. The third kappa shape index (κ3) is 5.60. The average molecular weight is 486 g/mol. The average Bonchev–Trinajstić information content (AvgIpc) is 2.84. The number of hydrogen-bond donors (Lipinski definition) is 1. The normalized spacial score (nSPS) is 11.2. The molecule has 4 aromatic rings. The van der Waals surface area contributed by atoms with E-state index in [1.165, 1.54) is 6.26 Å². The maximum Gasteiger partial charge on any atom is 0.262 e. The smallest absolute Gasteiger partial charge is 0.262 e. The van der Waals surface area contributed by atoms with E-state index in [9.17, 15) is 9.59 Å². The SMILES string of the molecule is Cc1cccc(Oc2coc3cc(OCC(=O)Nc4c(C(C)C)cccc4C(C)C)ccc3c2=O)c1. The highest BCUT2D eigenvalue weighted by Crippen LogP contribution is 2.32. The van der Waals surface area contributed by atoms with Crippen LogP contribution in [0.5, 0.6) is 17.2 Å². The molecule has 0 atom stereocenters. The van der Waals surface area contributed by atoms with Gasteiger partial charge in [0.15, 0.2) is 6.61 Å². The topological polar surface area (TPSA) is 77.8 Å². The van der Waals surface area contributed by atoms with E-state index in [2.05, 4.69) is 33.0 Å². The first-order valence-electron chi connectivity index (χ1n) is 12.1. The van der Waals surface area contributed by atoms with Crippen molar-refractivity contribution in [3.63, 3.8) is 0 Å². The Bertz CT molecular complexity index is 1430. The summed E-state index contributed by atoms with van der Waals surface area (Å²) in [6.45, 7) is 10.2. The Hall–Kier alpha value is -4.06. The predicted octanol–water partition coefficient (Wildman–Crippen LogP) is 7.16. The molecule has 6 nitrogen and oxygen atoms in total. The summed E-state index contributed by atoms with van der Waals surface area (Å²) in [4.78, 5) is 25.7. The van der Waals surface area contributed by atoms with Gasteiger partial charge in [0.25, 0.3) is 5.91 Å². The molecule has 186 valence electrons. The molecule has 0 fully saturated rings. The molecule has 0 bridgehead atoms. The number of carbonyl (C=O) groups excluding carboxylic acids is 1. The lowest BCUT2D eigenvalue weighted by molar-refractivity contribution is -0.118. The van der Waals surface area contributed by atoms with E-state index in [-0.39, 0.29) is 35.5 Å². The van der Waals surface area contributed by atoms with Crippen molar-refractivity contribution in [1.82, 2.24) is 0 Å². The molecule has 0 saturated heterocycles. The van der Waals surface area contributed by atoms with Crippen LogP contribution in [0, 0.1) is 6.92 Å².